The molecular formula is C11H24N2O4. The van der Waals surface area contributed by atoms with E-state index in [-0.39, 0.29) is 12.5 Å². The highest BCUT2D eigenvalue weighted by molar-refractivity contribution is 5.77. The summed E-state index contributed by atoms with van der Waals surface area (Å²) < 4.78 is 15.4. The van der Waals surface area contributed by atoms with Crippen LogP contribution in [-0.2, 0) is 19.0 Å². The molecule has 17 heavy (non-hydrogen) atoms. The number of carbonyl (C=O) groups excluding carboxylic acids is 1. The lowest BCUT2D eigenvalue weighted by atomic mass is 10.5. The van der Waals surface area contributed by atoms with Gasteiger partial charge in [-0.1, -0.05) is 6.92 Å². The van der Waals surface area contributed by atoms with Crippen LogP contribution in [0.4, 0.5) is 0 Å². The Labute approximate surface area is 103 Å². The predicted octanol–water partition coefficient (Wildman–Crippen LogP) is -0.479. The van der Waals surface area contributed by atoms with Gasteiger partial charge in [-0.05, 0) is 6.42 Å². The van der Waals surface area contributed by atoms with E-state index in [1.807, 2.05) is 6.92 Å². The molecule has 1 amide bonds. The van der Waals surface area contributed by atoms with Gasteiger partial charge in [-0.15, -0.1) is 0 Å². The zero-order valence-corrected chi connectivity index (χ0v) is 10.6. The molecule has 0 aromatic heterocycles. The molecular weight excluding hydrogens is 224 g/mol. The Bertz CT molecular complexity index is 179. The standard InChI is InChI=1S/C11H24N2O4/c1-2-5-15-7-4-13-11(14)10-17-9-8-16-6-3-12/h2-10,12H2,1H3,(H,13,14). The zero-order valence-electron chi connectivity index (χ0n) is 10.6. The second kappa shape index (κ2) is 13.4. The van der Waals surface area contributed by atoms with Crippen molar-refractivity contribution in [3.63, 3.8) is 0 Å². The fourth-order valence-corrected chi connectivity index (χ4v) is 1.03. The summed E-state index contributed by atoms with van der Waals surface area (Å²) >= 11 is 0. The van der Waals surface area contributed by atoms with Gasteiger partial charge in [0.05, 0.1) is 26.4 Å². The summed E-state index contributed by atoms with van der Waals surface area (Å²) in [5.74, 6) is -0.135. The van der Waals surface area contributed by atoms with Crippen LogP contribution in [0.5, 0.6) is 0 Å². The van der Waals surface area contributed by atoms with Gasteiger partial charge in [0.25, 0.3) is 0 Å². The van der Waals surface area contributed by atoms with E-state index in [9.17, 15) is 4.79 Å². The molecule has 0 aliphatic rings. The normalized spacial score (nSPS) is 10.5. The minimum atomic E-state index is -0.135. The van der Waals surface area contributed by atoms with Crippen LogP contribution in [0.1, 0.15) is 13.3 Å². The molecule has 0 unspecified atom stereocenters. The average Bonchev–Trinajstić information content (AvgIpc) is 2.33. The lowest BCUT2D eigenvalue weighted by Crippen LogP contribution is -2.31. The molecule has 0 saturated heterocycles. The van der Waals surface area contributed by atoms with Crippen LogP contribution in [0.2, 0.25) is 0 Å². The number of amides is 1. The first-order chi connectivity index (χ1) is 8.31. The summed E-state index contributed by atoms with van der Waals surface area (Å²) in [6.07, 6.45) is 0.986. The Hall–Kier alpha value is -0.690. The van der Waals surface area contributed by atoms with Crippen molar-refractivity contribution in [3.8, 4) is 0 Å². The van der Waals surface area contributed by atoms with Gasteiger partial charge in [-0.2, -0.15) is 0 Å². The van der Waals surface area contributed by atoms with Gasteiger partial charge in [0.1, 0.15) is 6.61 Å². The highest BCUT2D eigenvalue weighted by Crippen LogP contribution is 1.80. The predicted molar refractivity (Wildman–Crippen MR) is 64.8 cm³/mol. The van der Waals surface area contributed by atoms with E-state index >= 15 is 0 Å². The maximum atomic E-state index is 11.2. The van der Waals surface area contributed by atoms with Crippen molar-refractivity contribution in [2.45, 2.75) is 13.3 Å². The SMILES string of the molecule is CCCOCCNC(=O)COCCOCCN. The van der Waals surface area contributed by atoms with E-state index in [4.69, 9.17) is 19.9 Å². The second-order valence-corrected chi connectivity index (χ2v) is 3.42. The van der Waals surface area contributed by atoms with E-state index in [2.05, 4.69) is 5.32 Å². The van der Waals surface area contributed by atoms with Gasteiger partial charge in [0.15, 0.2) is 0 Å². The molecule has 0 spiro atoms. The smallest absolute Gasteiger partial charge is 0.246 e. The largest absolute Gasteiger partial charge is 0.380 e. The molecule has 6 nitrogen and oxygen atoms in total. The van der Waals surface area contributed by atoms with E-state index in [1.54, 1.807) is 0 Å². The number of hydrogen-bond acceptors (Lipinski definition) is 5. The van der Waals surface area contributed by atoms with Crippen molar-refractivity contribution in [2.24, 2.45) is 5.73 Å². The molecule has 0 radical (unpaired) electrons. The maximum absolute atomic E-state index is 11.2. The molecule has 0 aromatic rings. The molecule has 0 rings (SSSR count). The summed E-state index contributed by atoms with van der Waals surface area (Å²) in [7, 11) is 0. The van der Waals surface area contributed by atoms with E-state index < -0.39 is 0 Å². The highest BCUT2D eigenvalue weighted by Gasteiger charge is 1.99. The van der Waals surface area contributed by atoms with Gasteiger partial charge in [0, 0.05) is 19.7 Å². The topological polar surface area (TPSA) is 82.8 Å². The number of ether oxygens (including phenoxy) is 3. The van der Waals surface area contributed by atoms with Crippen LogP contribution in [0, 0.1) is 0 Å². The van der Waals surface area contributed by atoms with Gasteiger partial charge in [-0.3, -0.25) is 4.79 Å². The van der Waals surface area contributed by atoms with Crippen molar-refractivity contribution < 1.29 is 19.0 Å². The molecule has 0 aliphatic carbocycles. The summed E-state index contributed by atoms with van der Waals surface area (Å²) in [6, 6.07) is 0. The molecule has 0 heterocycles. The monoisotopic (exact) mass is 248 g/mol. The Kier molecular flexibility index (Phi) is 12.8. The molecule has 6 heteroatoms. The Morgan fingerprint density at radius 2 is 1.76 bits per heavy atom. The van der Waals surface area contributed by atoms with Crippen LogP contribution in [0.3, 0.4) is 0 Å². The van der Waals surface area contributed by atoms with Gasteiger partial charge < -0.3 is 25.3 Å². The van der Waals surface area contributed by atoms with Crippen molar-refractivity contribution in [3.05, 3.63) is 0 Å². The number of nitrogens with one attached hydrogen (secondary N) is 1. The van der Waals surface area contributed by atoms with Crippen LogP contribution < -0.4 is 11.1 Å². The molecule has 0 atom stereocenters. The molecule has 0 fully saturated rings. The molecule has 0 aliphatic heterocycles. The molecule has 0 saturated carbocycles. The van der Waals surface area contributed by atoms with Crippen molar-refractivity contribution in [2.75, 3.05) is 52.7 Å². The fourth-order valence-electron chi connectivity index (χ4n) is 1.03. The molecule has 3 N–H and O–H groups in total. The molecule has 0 aromatic carbocycles. The van der Waals surface area contributed by atoms with Crippen molar-refractivity contribution >= 4 is 5.91 Å². The molecule has 0 bridgehead atoms. The van der Waals surface area contributed by atoms with Gasteiger partial charge >= 0.3 is 0 Å². The second-order valence-electron chi connectivity index (χ2n) is 3.42. The summed E-state index contributed by atoms with van der Waals surface area (Å²) in [6.45, 7) is 5.77. The number of nitrogens with two attached hydrogens (primary N) is 1. The quantitative estimate of drug-likeness (QED) is 0.456. The third-order valence-corrected chi connectivity index (χ3v) is 1.78. The van der Waals surface area contributed by atoms with Crippen molar-refractivity contribution in [1.82, 2.24) is 5.32 Å². The van der Waals surface area contributed by atoms with Gasteiger partial charge in [0.2, 0.25) is 5.91 Å². The lowest BCUT2D eigenvalue weighted by Gasteiger charge is -2.07. The van der Waals surface area contributed by atoms with Crippen molar-refractivity contribution in [1.29, 1.82) is 0 Å². The first-order valence-corrected chi connectivity index (χ1v) is 6.01. The highest BCUT2D eigenvalue weighted by atomic mass is 16.5. The van der Waals surface area contributed by atoms with Crippen LogP contribution >= 0.6 is 0 Å². The van der Waals surface area contributed by atoms with Crippen LogP contribution in [0.25, 0.3) is 0 Å². The minimum absolute atomic E-state index is 0.0553. The first kappa shape index (κ1) is 16.3. The average molecular weight is 248 g/mol. The first-order valence-electron chi connectivity index (χ1n) is 6.01. The molecule has 102 valence electrons. The number of rotatable bonds is 12. The number of hydrogen-bond donors (Lipinski definition) is 2. The van der Waals surface area contributed by atoms with Crippen LogP contribution in [-0.4, -0.2) is 58.6 Å². The fraction of sp³-hybridized carbons (Fsp3) is 0.909. The zero-order chi connectivity index (χ0) is 12.8. The third-order valence-electron chi connectivity index (χ3n) is 1.78. The van der Waals surface area contributed by atoms with Gasteiger partial charge in [-0.25, -0.2) is 0 Å². The Morgan fingerprint density at radius 3 is 2.47 bits per heavy atom. The maximum Gasteiger partial charge on any atom is 0.246 e. The summed E-state index contributed by atoms with van der Waals surface area (Å²) in [5.41, 5.74) is 5.24. The minimum Gasteiger partial charge on any atom is -0.380 e. The van der Waals surface area contributed by atoms with Crippen LogP contribution in [0.15, 0.2) is 0 Å². The van der Waals surface area contributed by atoms with E-state index in [1.165, 1.54) is 0 Å². The third kappa shape index (κ3) is 13.2. The lowest BCUT2D eigenvalue weighted by molar-refractivity contribution is -0.126. The van der Waals surface area contributed by atoms with E-state index in [0.29, 0.717) is 39.5 Å². The summed E-state index contributed by atoms with van der Waals surface area (Å²) in [5, 5.41) is 2.69. The Morgan fingerprint density at radius 1 is 1.06 bits per heavy atom. The van der Waals surface area contributed by atoms with E-state index in [0.717, 1.165) is 13.0 Å². The summed E-state index contributed by atoms with van der Waals surface area (Å²) in [4.78, 5) is 11.2. The number of carbonyl (C=O) groups is 1. The Balaban J connectivity index is 3.12.